The van der Waals surface area contributed by atoms with Crippen LogP contribution in [0, 0.1) is 23.2 Å². The average Bonchev–Trinajstić information content (AvgIpc) is 2.83. The monoisotopic (exact) mass is 241 g/mol. The van der Waals surface area contributed by atoms with E-state index < -0.39 is 0 Å². The molecule has 3 saturated carbocycles. The van der Waals surface area contributed by atoms with Crippen LogP contribution >= 0.6 is 0 Å². The zero-order chi connectivity index (χ0) is 12.1. The van der Waals surface area contributed by atoms with Gasteiger partial charge in [-0.15, -0.1) is 0 Å². The topological polar surface area (TPSA) is 62.7 Å². The summed E-state index contributed by atoms with van der Waals surface area (Å²) in [5.41, 5.74) is 1.95. The molecule has 3 aliphatic rings. The molecule has 4 heteroatoms. The summed E-state index contributed by atoms with van der Waals surface area (Å²) in [5, 5.41) is 13.4. The summed E-state index contributed by atoms with van der Waals surface area (Å²) in [7, 11) is 0. The van der Waals surface area contributed by atoms with Crippen molar-refractivity contribution in [2.45, 2.75) is 44.4 Å². The molecule has 4 rings (SSSR count). The molecule has 2 unspecified atom stereocenters. The largest absolute Gasteiger partial charge is 0.333 e. The minimum atomic E-state index is 0.460. The second kappa shape index (κ2) is 3.68. The van der Waals surface area contributed by atoms with Crippen LogP contribution in [-0.2, 0) is 0 Å². The lowest BCUT2D eigenvalue weighted by Crippen LogP contribution is -2.01. The summed E-state index contributed by atoms with van der Waals surface area (Å²) in [4.78, 5) is 4.41. The van der Waals surface area contributed by atoms with Gasteiger partial charge in [-0.25, -0.2) is 0 Å². The normalized spacial score (nSPS) is 32.6. The van der Waals surface area contributed by atoms with Crippen molar-refractivity contribution in [3.05, 3.63) is 17.3 Å². The van der Waals surface area contributed by atoms with Crippen LogP contribution < -0.4 is 0 Å². The van der Waals surface area contributed by atoms with Gasteiger partial charge in [0, 0.05) is 5.92 Å². The molecule has 1 aromatic heterocycles. The molecular formula is C14H15N3O. The fraction of sp³-hybridized carbons (Fsp3) is 0.643. The molecule has 0 saturated heterocycles. The van der Waals surface area contributed by atoms with E-state index in [-0.39, 0.29) is 0 Å². The van der Waals surface area contributed by atoms with E-state index in [1.165, 1.54) is 24.8 Å². The van der Waals surface area contributed by atoms with Crippen molar-refractivity contribution < 1.29 is 4.52 Å². The van der Waals surface area contributed by atoms with E-state index in [0.717, 1.165) is 31.0 Å². The Kier molecular flexibility index (Phi) is 2.11. The van der Waals surface area contributed by atoms with Crippen LogP contribution in [0.3, 0.4) is 0 Å². The summed E-state index contributed by atoms with van der Waals surface area (Å²) in [6, 6.07) is 2.30. The van der Waals surface area contributed by atoms with Crippen LogP contribution in [0.1, 0.15) is 56.2 Å². The molecule has 0 N–H and O–H groups in total. The Hall–Kier alpha value is -1.63. The van der Waals surface area contributed by atoms with Gasteiger partial charge in [-0.05, 0) is 55.9 Å². The van der Waals surface area contributed by atoms with Gasteiger partial charge < -0.3 is 4.52 Å². The van der Waals surface area contributed by atoms with E-state index in [1.807, 2.05) is 0 Å². The Bertz CT molecular complexity index is 562. The molecule has 2 atom stereocenters. The van der Waals surface area contributed by atoms with Gasteiger partial charge in [0.15, 0.2) is 5.82 Å². The van der Waals surface area contributed by atoms with Crippen LogP contribution in [0.2, 0.25) is 0 Å². The van der Waals surface area contributed by atoms with E-state index in [9.17, 15) is 5.26 Å². The Morgan fingerprint density at radius 1 is 1.22 bits per heavy atom. The minimum Gasteiger partial charge on any atom is -0.333 e. The Morgan fingerprint density at radius 2 is 2.06 bits per heavy atom. The SMILES string of the molecule is N#C/C(=C1/CC2CCC1C2)c1nc(C2CC2)no1. The van der Waals surface area contributed by atoms with Crippen molar-refractivity contribution in [3.8, 4) is 6.07 Å². The van der Waals surface area contributed by atoms with Crippen LogP contribution in [0.5, 0.6) is 0 Å². The van der Waals surface area contributed by atoms with Gasteiger partial charge >= 0.3 is 0 Å². The lowest BCUT2D eigenvalue weighted by atomic mass is 9.91. The molecule has 0 aromatic carbocycles. The summed E-state index contributed by atoms with van der Waals surface area (Å²) < 4.78 is 5.30. The first kappa shape index (κ1) is 10.3. The second-order valence-corrected chi connectivity index (χ2v) is 5.82. The Balaban J connectivity index is 1.71. The highest BCUT2D eigenvalue weighted by Gasteiger charge is 2.38. The fourth-order valence-electron chi connectivity index (χ4n) is 3.46. The Morgan fingerprint density at radius 3 is 2.67 bits per heavy atom. The molecule has 4 nitrogen and oxygen atoms in total. The van der Waals surface area contributed by atoms with Crippen molar-refractivity contribution in [1.29, 1.82) is 5.26 Å². The van der Waals surface area contributed by atoms with Crippen LogP contribution in [0.15, 0.2) is 10.1 Å². The predicted octanol–water partition coefficient (Wildman–Crippen LogP) is 3.04. The summed E-state index contributed by atoms with van der Waals surface area (Å²) in [6.07, 6.45) is 7.18. The predicted molar refractivity (Wildman–Crippen MR) is 64.3 cm³/mol. The smallest absolute Gasteiger partial charge is 0.268 e. The third-order valence-electron chi connectivity index (χ3n) is 4.57. The molecule has 1 heterocycles. The van der Waals surface area contributed by atoms with Gasteiger partial charge in [-0.2, -0.15) is 10.2 Å². The molecule has 0 amide bonds. The van der Waals surface area contributed by atoms with Crippen molar-refractivity contribution in [3.63, 3.8) is 0 Å². The van der Waals surface area contributed by atoms with Crippen molar-refractivity contribution in [1.82, 2.24) is 10.1 Å². The highest BCUT2D eigenvalue weighted by molar-refractivity contribution is 5.75. The number of fused-ring (bicyclic) bond motifs is 2. The quantitative estimate of drug-likeness (QED) is 0.746. The number of aromatic nitrogens is 2. The van der Waals surface area contributed by atoms with E-state index >= 15 is 0 Å². The Labute approximate surface area is 106 Å². The molecular weight excluding hydrogens is 226 g/mol. The maximum Gasteiger partial charge on any atom is 0.268 e. The third-order valence-corrected chi connectivity index (χ3v) is 4.57. The lowest BCUT2D eigenvalue weighted by molar-refractivity contribution is 0.400. The van der Waals surface area contributed by atoms with Crippen molar-refractivity contribution in [2.24, 2.45) is 11.8 Å². The van der Waals surface area contributed by atoms with Crippen LogP contribution in [0.4, 0.5) is 0 Å². The van der Waals surface area contributed by atoms with E-state index in [0.29, 0.717) is 23.3 Å². The van der Waals surface area contributed by atoms with Crippen LogP contribution in [0.25, 0.3) is 5.57 Å². The molecule has 2 bridgehead atoms. The molecule has 3 aliphatic carbocycles. The number of nitrogens with zero attached hydrogens (tertiary/aromatic N) is 3. The number of rotatable bonds is 2. The molecule has 0 radical (unpaired) electrons. The van der Waals surface area contributed by atoms with E-state index in [2.05, 4.69) is 16.2 Å². The molecule has 18 heavy (non-hydrogen) atoms. The molecule has 1 aromatic rings. The molecule has 0 spiro atoms. The zero-order valence-corrected chi connectivity index (χ0v) is 10.2. The number of hydrogen-bond acceptors (Lipinski definition) is 4. The second-order valence-electron chi connectivity index (χ2n) is 5.82. The summed E-state index contributed by atoms with van der Waals surface area (Å²) in [6.45, 7) is 0. The summed E-state index contributed by atoms with van der Waals surface area (Å²) in [5.74, 6) is 3.12. The fourth-order valence-corrected chi connectivity index (χ4v) is 3.46. The van der Waals surface area contributed by atoms with Gasteiger partial charge in [0.2, 0.25) is 0 Å². The van der Waals surface area contributed by atoms with Gasteiger partial charge in [0.25, 0.3) is 5.89 Å². The lowest BCUT2D eigenvalue weighted by Gasteiger charge is -2.13. The number of allylic oxidation sites excluding steroid dienone is 2. The van der Waals surface area contributed by atoms with Gasteiger partial charge in [0.1, 0.15) is 11.6 Å². The highest BCUT2D eigenvalue weighted by atomic mass is 16.5. The van der Waals surface area contributed by atoms with Crippen molar-refractivity contribution in [2.75, 3.05) is 0 Å². The zero-order valence-electron chi connectivity index (χ0n) is 10.2. The number of nitriles is 1. The van der Waals surface area contributed by atoms with Crippen LogP contribution in [-0.4, -0.2) is 10.1 Å². The van der Waals surface area contributed by atoms with Crippen molar-refractivity contribution >= 4 is 5.57 Å². The summed E-state index contributed by atoms with van der Waals surface area (Å²) >= 11 is 0. The molecule has 3 fully saturated rings. The van der Waals surface area contributed by atoms with Gasteiger partial charge in [0.05, 0.1) is 0 Å². The maximum atomic E-state index is 9.40. The standard InChI is InChI=1S/C14H15N3O/c15-7-12(11-6-8-1-2-10(11)5-8)14-16-13(17-18-14)9-3-4-9/h8-10H,1-6H2/b12-11+. The van der Waals surface area contributed by atoms with Gasteiger partial charge in [-0.3, -0.25) is 0 Å². The first-order chi connectivity index (χ1) is 8.85. The third kappa shape index (κ3) is 1.50. The average molecular weight is 241 g/mol. The van der Waals surface area contributed by atoms with Gasteiger partial charge in [-0.1, -0.05) is 5.16 Å². The maximum absolute atomic E-state index is 9.40. The first-order valence-corrected chi connectivity index (χ1v) is 6.82. The van der Waals surface area contributed by atoms with E-state index in [4.69, 9.17) is 4.52 Å². The first-order valence-electron chi connectivity index (χ1n) is 6.82. The molecule has 92 valence electrons. The number of hydrogen-bond donors (Lipinski definition) is 0. The molecule has 0 aliphatic heterocycles. The van der Waals surface area contributed by atoms with E-state index in [1.54, 1.807) is 0 Å². The minimum absolute atomic E-state index is 0.460. The highest BCUT2D eigenvalue weighted by Crippen LogP contribution is 2.50.